The third-order valence-electron chi connectivity index (χ3n) is 1.60. The average Bonchev–Trinajstić information content (AvgIpc) is 1.93. The molecule has 0 fully saturated rings. The van der Waals surface area contributed by atoms with Crippen molar-refractivity contribution in [1.82, 2.24) is 0 Å². The molecule has 1 aromatic rings. The number of aliphatic hydroxyl groups excluding tert-OH is 1. The Hall–Kier alpha value is -0.890. The molecule has 1 nitrogen and oxygen atoms in total. The van der Waals surface area contributed by atoms with Crippen LogP contribution >= 0.6 is 12.2 Å². The van der Waals surface area contributed by atoms with E-state index in [1.807, 2.05) is 31.2 Å². The van der Waals surface area contributed by atoms with Crippen LogP contribution in [-0.4, -0.2) is 10.2 Å². The zero-order chi connectivity index (χ0) is 8.27. The molecule has 0 saturated heterocycles. The van der Waals surface area contributed by atoms with Crippen molar-refractivity contribution >= 4 is 17.3 Å². The molecular weight excluding hydrogens is 156 g/mol. The molecule has 11 heavy (non-hydrogen) atoms. The quantitative estimate of drug-likeness (QED) is 0.681. The molecule has 0 aliphatic heterocycles. The smallest absolute Gasteiger partial charge is 0.160 e. The van der Waals surface area contributed by atoms with Gasteiger partial charge in [-0.25, -0.2) is 0 Å². The van der Waals surface area contributed by atoms with E-state index in [-0.39, 0.29) is 5.05 Å². The summed E-state index contributed by atoms with van der Waals surface area (Å²) >= 11 is 4.59. The SMILES string of the molecule is Cc1ccccc1CC(O)=S. The zero-order valence-corrected chi connectivity index (χ0v) is 7.19. The number of aryl methyl sites for hydroxylation is 1. The van der Waals surface area contributed by atoms with Gasteiger partial charge in [-0.05, 0) is 30.3 Å². The van der Waals surface area contributed by atoms with Crippen molar-refractivity contribution < 1.29 is 5.11 Å². The van der Waals surface area contributed by atoms with Crippen LogP contribution in [0.5, 0.6) is 0 Å². The van der Waals surface area contributed by atoms with Crippen molar-refractivity contribution in [3.63, 3.8) is 0 Å². The maximum atomic E-state index is 8.86. The first-order valence-corrected chi connectivity index (χ1v) is 3.87. The fourth-order valence-electron chi connectivity index (χ4n) is 0.971. The molecule has 0 radical (unpaired) electrons. The Bertz CT molecular complexity index is 268. The molecule has 0 bridgehead atoms. The Kier molecular flexibility index (Phi) is 2.60. The molecule has 0 unspecified atom stereocenters. The van der Waals surface area contributed by atoms with E-state index in [1.165, 1.54) is 5.56 Å². The molecule has 0 aliphatic carbocycles. The number of hydrogen-bond donors (Lipinski definition) is 1. The number of rotatable bonds is 2. The van der Waals surface area contributed by atoms with Crippen LogP contribution in [0.25, 0.3) is 0 Å². The largest absolute Gasteiger partial charge is 0.502 e. The first-order valence-electron chi connectivity index (χ1n) is 3.46. The number of hydrogen-bond acceptors (Lipinski definition) is 1. The van der Waals surface area contributed by atoms with Gasteiger partial charge in [0.05, 0.1) is 0 Å². The molecule has 0 aromatic heterocycles. The summed E-state index contributed by atoms with van der Waals surface area (Å²) < 4.78 is 0. The predicted molar refractivity (Wildman–Crippen MR) is 50.1 cm³/mol. The summed E-state index contributed by atoms with van der Waals surface area (Å²) in [5, 5.41) is 8.92. The lowest BCUT2D eigenvalue weighted by Gasteiger charge is -2.01. The van der Waals surface area contributed by atoms with Crippen LogP contribution in [-0.2, 0) is 6.42 Å². The molecule has 0 aliphatic rings. The molecule has 1 aromatic carbocycles. The Balaban J connectivity index is 2.86. The molecule has 2 heteroatoms. The van der Waals surface area contributed by atoms with Crippen LogP contribution in [0.4, 0.5) is 0 Å². The highest BCUT2D eigenvalue weighted by molar-refractivity contribution is 7.80. The minimum atomic E-state index is 0.0549. The van der Waals surface area contributed by atoms with Crippen molar-refractivity contribution in [1.29, 1.82) is 0 Å². The van der Waals surface area contributed by atoms with Crippen LogP contribution < -0.4 is 0 Å². The van der Waals surface area contributed by atoms with Crippen LogP contribution in [0.15, 0.2) is 24.3 Å². The van der Waals surface area contributed by atoms with E-state index in [1.54, 1.807) is 0 Å². The van der Waals surface area contributed by atoms with E-state index in [0.29, 0.717) is 6.42 Å². The van der Waals surface area contributed by atoms with Crippen molar-refractivity contribution in [2.45, 2.75) is 13.3 Å². The van der Waals surface area contributed by atoms with Gasteiger partial charge >= 0.3 is 0 Å². The summed E-state index contributed by atoms with van der Waals surface area (Å²) in [6.07, 6.45) is 0.488. The monoisotopic (exact) mass is 166 g/mol. The summed E-state index contributed by atoms with van der Waals surface area (Å²) in [6, 6.07) is 7.89. The van der Waals surface area contributed by atoms with Gasteiger partial charge in [0.2, 0.25) is 0 Å². The van der Waals surface area contributed by atoms with Gasteiger partial charge in [-0.15, -0.1) is 0 Å². The lowest BCUT2D eigenvalue weighted by Crippen LogP contribution is -1.98. The van der Waals surface area contributed by atoms with Crippen molar-refractivity contribution in [3.05, 3.63) is 35.4 Å². The van der Waals surface area contributed by atoms with Crippen molar-refractivity contribution in [2.24, 2.45) is 0 Å². The van der Waals surface area contributed by atoms with Crippen molar-refractivity contribution in [2.75, 3.05) is 0 Å². The normalized spacial score (nSPS) is 9.55. The minimum absolute atomic E-state index is 0.0549. The van der Waals surface area contributed by atoms with Gasteiger partial charge < -0.3 is 5.11 Å². The number of benzene rings is 1. The van der Waals surface area contributed by atoms with Crippen LogP contribution in [0.3, 0.4) is 0 Å². The second-order valence-corrected chi connectivity index (χ2v) is 2.97. The van der Waals surface area contributed by atoms with Crippen LogP contribution in [0, 0.1) is 6.92 Å². The molecule has 58 valence electrons. The first kappa shape index (κ1) is 8.21. The molecule has 0 amide bonds. The molecule has 0 atom stereocenters. The van der Waals surface area contributed by atoms with E-state index in [0.717, 1.165) is 5.56 Å². The van der Waals surface area contributed by atoms with E-state index in [4.69, 9.17) is 5.11 Å². The fraction of sp³-hybridized carbons (Fsp3) is 0.222. The lowest BCUT2D eigenvalue weighted by atomic mass is 10.1. The molecule has 0 heterocycles. The number of thiocarbonyl (C=S) groups is 1. The van der Waals surface area contributed by atoms with E-state index >= 15 is 0 Å². The molecule has 1 N–H and O–H groups in total. The van der Waals surface area contributed by atoms with E-state index in [2.05, 4.69) is 12.2 Å². The standard InChI is InChI=1S/C9H10OS/c1-7-4-2-3-5-8(7)6-9(10)11/h2-5H,6H2,1H3,(H,10,11). The second kappa shape index (κ2) is 3.49. The van der Waals surface area contributed by atoms with Gasteiger partial charge in [0.1, 0.15) is 0 Å². The highest BCUT2D eigenvalue weighted by atomic mass is 32.1. The molecular formula is C9H10OS. The Labute approximate surface area is 71.7 Å². The Morgan fingerprint density at radius 3 is 2.64 bits per heavy atom. The van der Waals surface area contributed by atoms with Gasteiger partial charge in [-0.3, -0.25) is 0 Å². The minimum Gasteiger partial charge on any atom is -0.502 e. The molecule has 1 rings (SSSR count). The predicted octanol–water partition coefficient (Wildman–Crippen LogP) is 2.42. The lowest BCUT2D eigenvalue weighted by molar-refractivity contribution is 0.555. The summed E-state index contributed by atoms with van der Waals surface area (Å²) in [6.45, 7) is 2.01. The van der Waals surface area contributed by atoms with Gasteiger partial charge in [-0.1, -0.05) is 24.3 Å². The highest BCUT2D eigenvalue weighted by Crippen LogP contribution is 2.07. The summed E-state index contributed by atoms with van der Waals surface area (Å²) in [7, 11) is 0. The zero-order valence-electron chi connectivity index (χ0n) is 6.37. The Morgan fingerprint density at radius 2 is 2.09 bits per heavy atom. The average molecular weight is 166 g/mol. The third-order valence-corrected chi connectivity index (χ3v) is 1.75. The highest BCUT2D eigenvalue weighted by Gasteiger charge is 1.98. The van der Waals surface area contributed by atoms with Crippen LogP contribution in [0.1, 0.15) is 11.1 Å². The third kappa shape index (κ3) is 2.31. The van der Waals surface area contributed by atoms with Crippen LogP contribution in [0.2, 0.25) is 0 Å². The summed E-state index contributed by atoms with van der Waals surface area (Å²) in [5.41, 5.74) is 2.27. The fourth-order valence-corrected chi connectivity index (χ4v) is 1.13. The van der Waals surface area contributed by atoms with E-state index in [9.17, 15) is 0 Å². The van der Waals surface area contributed by atoms with Gasteiger partial charge in [0.25, 0.3) is 0 Å². The first-order chi connectivity index (χ1) is 5.20. The molecule has 0 spiro atoms. The number of aliphatic hydroxyl groups is 1. The van der Waals surface area contributed by atoms with Gasteiger partial charge in [0.15, 0.2) is 5.05 Å². The van der Waals surface area contributed by atoms with Gasteiger partial charge in [0, 0.05) is 6.42 Å². The maximum Gasteiger partial charge on any atom is 0.160 e. The van der Waals surface area contributed by atoms with E-state index < -0.39 is 0 Å². The summed E-state index contributed by atoms with van der Waals surface area (Å²) in [4.78, 5) is 0. The second-order valence-electron chi connectivity index (χ2n) is 2.50. The summed E-state index contributed by atoms with van der Waals surface area (Å²) in [5.74, 6) is 0. The van der Waals surface area contributed by atoms with Gasteiger partial charge in [-0.2, -0.15) is 0 Å². The Morgan fingerprint density at radius 1 is 1.45 bits per heavy atom. The topological polar surface area (TPSA) is 20.2 Å². The molecule has 0 saturated carbocycles. The van der Waals surface area contributed by atoms with Crippen molar-refractivity contribution in [3.8, 4) is 0 Å². The maximum absolute atomic E-state index is 8.86.